The summed E-state index contributed by atoms with van der Waals surface area (Å²) in [6, 6.07) is 13.7. The van der Waals surface area contributed by atoms with Crippen molar-refractivity contribution in [3.8, 4) is 17.2 Å². The van der Waals surface area contributed by atoms with Gasteiger partial charge in [0.05, 0.1) is 17.7 Å². The highest BCUT2D eigenvalue weighted by molar-refractivity contribution is 6.33. The third-order valence-electron chi connectivity index (χ3n) is 4.05. The summed E-state index contributed by atoms with van der Waals surface area (Å²) in [6.45, 7) is 0. The van der Waals surface area contributed by atoms with Crippen molar-refractivity contribution >= 4 is 45.9 Å². The Hall–Kier alpha value is -3.09. The fourth-order valence-electron chi connectivity index (χ4n) is 2.68. The summed E-state index contributed by atoms with van der Waals surface area (Å²) in [7, 11) is 1.55. The second-order valence-electron chi connectivity index (χ2n) is 5.85. The zero-order valence-electron chi connectivity index (χ0n) is 14.6. The first-order chi connectivity index (χ1) is 13.5. The summed E-state index contributed by atoms with van der Waals surface area (Å²) in [5, 5.41) is 3.38. The van der Waals surface area contributed by atoms with Gasteiger partial charge in [0.2, 0.25) is 5.89 Å². The quantitative estimate of drug-likeness (QED) is 0.449. The molecule has 0 bridgehead atoms. The van der Waals surface area contributed by atoms with Crippen molar-refractivity contribution in [2.45, 2.75) is 0 Å². The molecule has 2 aromatic carbocycles. The molecule has 0 aliphatic carbocycles. The van der Waals surface area contributed by atoms with Gasteiger partial charge in [-0.15, -0.1) is 0 Å². The fourth-order valence-corrected chi connectivity index (χ4v) is 3.14. The molecule has 0 unspecified atom stereocenters. The number of rotatable bonds is 4. The normalized spacial score (nSPS) is 10.8. The number of ether oxygens (including phenoxy) is 1. The molecule has 1 amide bonds. The number of amides is 1. The van der Waals surface area contributed by atoms with Crippen LogP contribution in [0.5, 0.6) is 5.75 Å². The smallest absolute Gasteiger partial charge is 0.258 e. The number of pyridine rings is 1. The molecule has 140 valence electrons. The maximum Gasteiger partial charge on any atom is 0.258 e. The Balaban J connectivity index is 1.62. The third kappa shape index (κ3) is 3.52. The SMILES string of the molecule is COc1ccc(-c2nc3cc(NC(=O)c4cccnc4Cl)ccc3o2)cc1Cl. The van der Waals surface area contributed by atoms with Gasteiger partial charge in [0.25, 0.3) is 5.91 Å². The second kappa shape index (κ2) is 7.50. The molecule has 4 aromatic rings. The number of fused-ring (bicyclic) bond motifs is 1. The maximum absolute atomic E-state index is 12.4. The molecule has 2 heterocycles. The Kier molecular flexibility index (Phi) is 4.90. The lowest BCUT2D eigenvalue weighted by Gasteiger charge is -2.05. The van der Waals surface area contributed by atoms with E-state index in [0.717, 1.165) is 5.56 Å². The number of anilines is 1. The van der Waals surface area contributed by atoms with E-state index in [4.69, 9.17) is 32.4 Å². The highest BCUT2D eigenvalue weighted by Crippen LogP contribution is 2.32. The average Bonchev–Trinajstić information content (AvgIpc) is 3.11. The number of halogens is 2. The van der Waals surface area contributed by atoms with E-state index in [9.17, 15) is 4.79 Å². The van der Waals surface area contributed by atoms with Crippen molar-refractivity contribution in [2.24, 2.45) is 0 Å². The number of nitrogens with zero attached hydrogens (tertiary/aromatic N) is 2. The molecule has 0 radical (unpaired) electrons. The van der Waals surface area contributed by atoms with Crippen LogP contribution in [-0.2, 0) is 0 Å². The molecule has 2 aromatic heterocycles. The Morgan fingerprint density at radius 3 is 2.75 bits per heavy atom. The number of nitrogens with one attached hydrogen (secondary N) is 1. The van der Waals surface area contributed by atoms with Crippen LogP contribution in [0.2, 0.25) is 10.2 Å². The van der Waals surface area contributed by atoms with Crippen LogP contribution in [0.15, 0.2) is 59.1 Å². The first-order valence-electron chi connectivity index (χ1n) is 8.21. The van der Waals surface area contributed by atoms with Gasteiger partial charge in [-0.1, -0.05) is 23.2 Å². The standard InChI is InChI=1S/C20H13Cl2N3O3/c1-27-16-6-4-11(9-14(16)21)20-25-15-10-12(5-7-17(15)28-20)24-19(26)13-3-2-8-23-18(13)22/h2-10H,1H3,(H,24,26). The van der Waals surface area contributed by atoms with Gasteiger partial charge in [-0.3, -0.25) is 4.79 Å². The number of methoxy groups -OCH3 is 1. The fraction of sp³-hybridized carbons (Fsp3) is 0.0500. The minimum absolute atomic E-state index is 0.140. The van der Waals surface area contributed by atoms with Gasteiger partial charge < -0.3 is 14.5 Å². The van der Waals surface area contributed by atoms with Crippen LogP contribution in [0.1, 0.15) is 10.4 Å². The van der Waals surface area contributed by atoms with E-state index in [1.807, 2.05) is 6.07 Å². The van der Waals surface area contributed by atoms with E-state index >= 15 is 0 Å². The van der Waals surface area contributed by atoms with Crippen LogP contribution in [0.4, 0.5) is 5.69 Å². The highest BCUT2D eigenvalue weighted by atomic mass is 35.5. The molecule has 8 heteroatoms. The number of hydrogen-bond donors (Lipinski definition) is 1. The lowest BCUT2D eigenvalue weighted by Crippen LogP contribution is -2.12. The van der Waals surface area contributed by atoms with Crippen molar-refractivity contribution < 1.29 is 13.9 Å². The predicted molar refractivity (Wildman–Crippen MR) is 108 cm³/mol. The summed E-state index contributed by atoms with van der Waals surface area (Å²) in [4.78, 5) is 20.8. The Bertz CT molecular complexity index is 1190. The molecule has 0 saturated heterocycles. The number of benzene rings is 2. The predicted octanol–water partition coefficient (Wildman–Crippen LogP) is 5.46. The minimum atomic E-state index is -0.358. The van der Waals surface area contributed by atoms with Crippen molar-refractivity contribution in [1.29, 1.82) is 0 Å². The summed E-state index contributed by atoms with van der Waals surface area (Å²) in [6.07, 6.45) is 1.52. The molecule has 28 heavy (non-hydrogen) atoms. The van der Waals surface area contributed by atoms with Crippen LogP contribution in [0.25, 0.3) is 22.6 Å². The summed E-state index contributed by atoms with van der Waals surface area (Å²) in [5.41, 5.74) is 2.74. The van der Waals surface area contributed by atoms with Gasteiger partial charge in [0.1, 0.15) is 16.4 Å². The van der Waals surface area contributed by atoms with E-state index < -0.39 is 0 Å². The molecule has 0 aliphatic rings. The zero-order chi connectivity index (χ0) is 19.7. The monoisotopic (exact) mass is 413 g/mol. The number of carbonyl (C=O) groups excluding carboxylic acids is 1. The lowest BCUT2D eigenvalue weighted by molar-refractivity contribution is 0.102. The Morgan fingerprint density at radius 1 is 1.14 bits per heavy atom. The topological polar surface area (TPSA) is 77.2 Å². The van der Waals surface area contributed by atoms with Gasteiger partial charge in [-0.05, 0) is 48.5 Å². The average molecular weight is 414 g/mol. The number of carbonyl (C=O) groups is 1. The third-order valence-corrected chi connectivity index (χ3v) is 4.64. The van der Waals surface area contributed by atoms with E-state index in [1.165, 1.54) is 6.20 Å². The molecule has 4 rings (SSSR count). The van der Waals surface area contributed by atoms with Crippen molar-refractivity contribution in [3.05, 3.63) is 70.5 Å². The van der Waals surface area contributed by atoms with Crippen molar-refractivity contribution in [2.75, 3.05) is 12.4 Å². The van der Waals surface area contributed by atoms with E-state index in [1.54, 1.807) is 49.6 Å². The Morgan fingerprint density at radius 2 is 2.00 bits per heavy atom. The first kappa shape index (κ1) is 18.3. The van der Waals surface area contributed by atoms with E-state index in [-0.39, 0.29) is 16.6 Å². The Labute approximate surface area is 170 Å². The van der Waals surface area contributed by atoms with Crippen LogP contribution < -0.4 is 10.1 Å². The highest BCUT2D eigenvalue weighted by Gasteiger charge is 2.14. The first-order valence-corrected chi connectivity index (χ1v) is 8.97. The minimum Gasteiger partial charge on any atom is -0.495 e. The van der Waals surface area contributed by atoms with Crippen molar-refractivity contribution in [3.63, 3.8) is 0 Å². The molecule has 1 N–H and O–H groups in total. The van der Waals surface area contributed by atoms with Gasteiger partial charge in [-0.2, -0.15) is 0 Å². The summed E-state index contributed by atoms with van der Waals surface area (Å²) >= 11 is 12.1. The van der Waals surface area contributed by atoms with Crippen molar-refractivity contribution in [1.82, 2.24) is 9.97 Å². The van der Waals surface area contributed by atoms with Crippen LogP contribution >= 0.6 is 23.2 Å². The molecule has 6 nitrogen and oxygen atoms in total. The van der Waals surface area contributed by atoms with Gasteiger partial charge in [0.15, 0.2) is 5.58 Å². The number of hydrogen-bond acceptors (Lipinski definition) is 5. The molecule has 0 spiro atoms. The summed E-state index contributed by atoms with van der Waals surface area (Å²) in [5.74, 6) is 0.627. The number of aromatic nitrogens is 2. The van der Waals surface area contributed by atoms with Gasteiger partial charge in [0, 0.05) is 17.4 Å². The van der Waals surface area contributed by atoms with E-state index in [0.29, 0.717) is 33.4 Å². The summed E-state index contributed by atoms with van der Waals surface area (Å²) < 4.78 is 10.9. The molecule has 0 fully saturated rings. The lowest BCUT2D eigenvalue weighted by atomic mass is 10.2. The second-order valence-corrected chi connectivity index (χ2v) is 6.61. The van der Waals surface area contributed by atoms with Crippen LogP contribution in [-0.4, -0.2) is 23.0 Å². The largest absolute Gasteiger partial charge is 0.495 e. The van der Waals surface area contributed by atoms with Gasteiger partial charge >= 0.3 is 0 Å². The molecular weight excluding hydrogens is 401 g/mol. The van der Waals surface area contributed by atoms with E-state index in [2.05, 4.69) is 15.3 Å². The molecule has 0 aliphatic heterocycles. The zero-order valence-corrected chi connectivity index (χ0v) is 16.1. The maximum atomic E-state index is 12.4. The molecular formula is C20H13Cl2N3O3. The van der Waals surface area contributed by atoms with Crippen LogP contribution in [0, 0.1) is 0 Å². The van der Waals surface area contributed by atoms with Gasteiger partial charge in [-0.25, -0.2) is 9.97 Å². The molecule has 0 atom stereocenters. The number of oxazole rings is 1. The van der Waals surface area contributed by atoms with Crippen LogP contribution in [0.3, 0.4) is 0 Å². The molecule has 0 saturated carbocycles.